The average molecular weight is 253 g/mol. The Morgan fingerprint density at radius 1 is 1.29 bits per heavy atom. The number of phenols is 2. The number of aromatic hydroxyl groups is 2. The Kier molecular flexibility index (Phi) is 4.57. The van der Waals surface area contributed by atoms with Gasteiger partial charge in [-0.3, -0.25) is 0 Å². The maximum absolute atomic E-state index is 9.62. The van der Waals surface area contributed by atoms with E-state index in [9.17, 15) is 10.2 Å². The topological polar surface area (TPSA) is 52.5 Å². The maximum Gasteiger partial charge on any atom is 0.123 e. The molecule has 17 heavy (non-hydrogen) atoms. The third kappa shape index (κ3) is 3.82. The molecule has 1 fully saturated rings. The lowest BCUT2D eigenvalue weighted by Gasteiger charge is -2.21. The fourth-order valence-electron chi connectivity index (χ4n) is 2.04. The predicted molar refractivity (Wildman–Crippen MR) is 71.6 cm³/mol. The molecule has 94 valence electrons. The van der Waals surface area contributed by atoms with Crippen LogP contribution >= 0.6 is 11.8 Å². The molecule has 0 spiro atoms. The molecule has 0 radical (unpaired) electrons. The molecule has 0 amide bonds. The number of thioether (sulfide) groups is 1. The summed E-state index contributed by atoms with van der Waals surface area (Å²) in [7, 11) is 0. The minimum Gasteiger partial charge on any atom is -0.508 e. The van der Waals surface area contributed by atoms with E-state index in [4.69, 9.17) is 0 Å². The van der Waals surface area contributed by atoms with Gasteiger partial charge in [0.25, 0.3) is 0 Å². The fraction of sp³-hybridized carbons (Fsp3) is 0.538. The Hall–Kier alpha value is -0.870. The first kappa shape index (κ1) is 12.6. The third-order valence-corrected chi connectivity index (χ3v) is 4.43. The highest BCUT2D eigenvalue weighted by Gasteiger charge is 2.13. The number of phenolic OH excluding ortho intramolecular Hbond substituents is 2. The number of hydrogen-bond acceptors (Lipinski definition) is 4. The van der Waals surface area contributed by atoms with E-state index < -0.39 is 0 Å². The van der Waals surface area contributed by atoms with Crippen molar-refractivity contribution < 1.29 is 10.2 Å². The molecule has 1 aromatic carbocycles. The second-order valence-corrected chi connectivity index (χ2v) is 5.84. The molecule has 3 nitrogen and oxygen atoms in total. The summed E-state index contributed by atoms with van der Waals surface area (Å²) in [5.74, 6) is 1.54. The van der Waals surface area contributed by atoms with Crippen LogP contribution in [0.2, 0.25) is 0 Å². The van der Waals surface area contributed by atoms with E-state index in [0.717, 1.165) is 12.1 Å². The molecular formula is C13H19NO2S. The first-order valence-corrected chi connectivity index (χ1v) is 7.14. The second kappa shape index (κ2) is 6.17. The summed E-state index contributed by atoms with van der Waals surface area (Å²) in [5.41, 5.74) is 0.837. The lowest BCUT2D eigenvalue weighted by atomic mass is 10.1. The van der Waals surface area contributed by atoms with Crippen molar-refractivity contribution in [2.24, 2.45) is 0 Å². The van der Waals surface area contributed by atoms with Gasteiger partial charge in [0.1, 0.15) is 11.5 Å². The monoisotopic (exact) mass is 253 g/mol. The fourth-order valence-corrected chi connectivity index (χ4v) is 3.31. The van der Waals surface area contributed by atoms with Gasteiger partial charge < -0.3 is 15.5 Å². The quantitative estimate of drug-likeness (QED) is 0.771. The van der Waals surface area contributed by atoms with Gasteiger partial charge in [-0.25, -0.2) is 0 Å². The van der Waals surface area contributed by atoms with Crippen molar-refractivity contribution in [3.8, 4) is 11.5 Å². The van der Waals surface area contributed by atoms with Gasteiger partial charge >= 0.3 is 0 Å². The first-order valence-electron chi connectivity index (χ1n) is 6.09. The number of rotatable bonds is 4. The van der Waals surface area contributed by atoms with Crippen LogP contribution in [0.3, 0.4) is 0 Å². The van der Waals surface area contributed by atoms with Crippen molar-refractivity contribution >= 4 is 11.8 Å². The van der Waals surface area contributed by atoms with Gasteiger partial charge in [0.2, 0.25) is 0 Å². The smallest absolute Gasteiger partial charge is 0.123 e. The van der Waals surface area contributed by atoms with Crippen LogP contribution in [-0.4, -0.2) is 27.8 Å². The molecule has 0 bridgehead atoms. The molecule has 0 aromatic heterocycles. The third-order valence-electron chi connectivity index (χ3n) is 3.03. The van der Waals surface area contributed by atoms with E-state index in [2.05, 4.69) is 5.32 Å². The zero-order chi connectivity index (χ0) is 12.1. The number of nitrogens with one attached hydrogen (secondary N) is 1. The highest BCUT2D eigenvalue weighted by molar-refractivity contribution is 7.99. The molecule has 0 saturated carbocycles. The molecule has 1 aromatic rings. The second-order valence-electron chi connectivity index (χ2n) is 4.43. The molecule has 1 aliphatic rings. The van der Waals surface area contributed by atoms with Gasteiger partial charge in [-0.2, -0.15) is 11.8 Å². The Morgan fingerprint density at radius 3 is 2.88 bits per heavy atom. The van der Waals surface area contributed by atoms with Crippen LogP contribution in [0, 0.1) is 0 Å². The summed E-state index contributed by atoms with van der Waals surface area (Å²) in [6.07, 6.45) is 3.98. The highest BCUT2D eigenvalue weighted by Crippen LogP contribution is 2.25. The Labute approximate surface area is 106 Å². The van der Waals surface area contributed by atoms with E-state index >= 15 is 0 Å². The molecule has 1 unspecified atom stereocenters. The van der Waals surface area contributed by atoms with Gasteiger partial charge in [-0.05, 0) is 24.7 Å². The summed E-state index contributed by atoms with van der Waals surface area (Å²) >= 11 is 2.04. The van der Waals surface area contributed by atoms with Gasteiger partial charge in [0, 0.05) is 30.0 Å². The van der Waals surface area contributed by atoms with Crippen LogP contribution in [0.4, 0.5) is 0 Å². The summed E-state index contributed by atoms with van der Waals surface area (Å²) in [4.78, 5) is 0. The molecule has 1 saturated heterocycles. The van der Waals surface area contributed by atoms with Gasteiger partial charge in [0.15, 0.2) is 0 Å². The van der Waals surface area contributed by atoms with Crippen LogP contribution < -0.4 is 5.32 Å². The number of benzene rings is 1. The van der Waals surface area contributed by atoms with Crippen molar-refractivity contribution in [2.75, 3.05) is 12.3 Å². The summed E-state index contributed by atoms with van der Waals surface area (Å²) in [6, 6.07) is 4.74. The van der Waals surface area contributed by atoms with Crippen molar-refractivity contribution in [3.05, 3.63) is 23.8 Å². The minimum atomic E-state index is 0.106. The van der Waals surface area contributed by atoms with Crippen LogP contribution in [0.25, 0.3) is 0 Å². The first-order chi connectivity index (χ1) is 8.25. The predicted octanol–water partition coefficient (Wildman–Crippen LogP) is 2.47. The van der Waals surface area contributed by atoms with E-state index in [0.29, 0.717) is 11.8 Å². The minimum absolute atomic E-state index is 0.106. The maximum atomic E-state index is 9.62. The molecule has 1 aliphatic heterocycles. The molecular weight excluding hydrogens is 234 g/mol. The Bertz CT molecular complexity index is 364. The molecule has 1 atom stereocenters. The normalized spacial score (nSPS) is 20.4. The van der Waals surface area contributed by atoms with Crippen LogP contribution in [0.15, 0.2) is 18.2 Å². The van der Waals surface area contributed by atoms with Gasteiger partial charge in [-0.1, -0.05) is 12.5 Å². The van der Waals surface area contributed by atoms with Crippen LogP contribution in [-0.2, 0) is 6.54 Å². The summed E-state index contributed by atoms with van der Waals surface area (Å²) < 4.78 is 0. The molecule has 3 N–H and O–H groups in total. The van der Waals surface area contributed by atoms with E-state index in [1.807, 2.05) is 11.8 Å². The standard InChI is InChI=1S/C13H19NO2S/c15-11-5-4-10(13(16)7-11)8-14-9-12-3-1-2-6-17-12/h4-5,7,12,14-16H,1-3,6,8-9H2. The lowest BCUT2D eigenvalue weighted by molar-refractivity contribution is 0.443. The molecule has 1 heterocycles. The van der Waals surface area contributed by atoms with Crippen molar-refractivity contribution in [1.82, 2.24) is 5.32 Å². The van der Waals surface area contributed by atoms with Crippen molar-refractivity contribution in [2.45, 2.75) is 31.1 Å². The van der Waals surface area contributed by atoms with E-state index in [1.165, 1.54) is 31.1 Å². The van der Waals surface area contributed by atoms with Crippen molar-refractivity contribution in [3.63, 3.8) is 0 Å². The van der Waals surface area contributed by atoms with Gasteiger partial charge in [0.05, 0.1) is 0 Å². The SMILES string of the molecule is Oc1ccc(CNCC2CCCCS2)c(O)c1. The van der Waals surface area contributed by atoms with E-state index in [-0.39, 0.29) is 11.5 Å². The molecule has 4 heteroatoms. The average Bonchev–Trinajstić information content (AvgIpc) is 2.33. The lowest BCUT2D eigenvalue weighted by Crippen LogP contribution is -2.26. The zero-order valence-electron chi connectivity index (χ0n) is 9.85. The largest absolute Gasteiger partial charge is 0.508 e. The van der Waals surface area contributed by atoms with Crippen LogP contribution in [0.1, 0.15) is 24.8 Å². The summed E-state index contributed by atoms with van der Waals surface area (Å²) in [6.45, 7) is 1.65. The van der Waals surface area contributed by atoms with Crippen LogP contribution in [0.5, 0.6) is 11.5 Å². The summed E-state index contributed by atoms with van der Waals surface area (Å²) in [5, 5.41) is 22.9. The Morgan fingerprint density at radius 2 is 2.18 bits per heavy atom. The highest BCUT2D eigenvalue weighted by atomic mass is 32.2. The van der Waals surface area contributed by atoms with Gasteiger partial charge in [-0.15, -0.1) is 0 Å². The zero-order valence-corrected chi connectivity index (χ0v) is 10.7. The number of hydrogen-bond donors (Lipinski definition) is 3. The van der Waals surface area contributed by atoms with E-state index in [1.54, 1.807) is 12.1 Å². The Balaban J connectivity index is 1.77. The molecule has 2 rings (SSSR count). The molecule has 0 aliphatic carbocycles. The van der Waals surface area contributed by atoms with Crippen molar-refractivity contribution in [1.29, 1.82) is 0 Å².